The summed E-state index contributed by atoms with van der Waals surface area (Å²) in [5.41, 5.74) is 2.02. The van der Waals surface area contributed by atoms with E-state index in [1.807, 2.05) is 53.6 Å². The summed E-state index contributed by atoms with van der Waals surface area (Å²) >= 11 is 1.62. The Kier molecular flexibility index (Phi) is 5.78. The Morgan fingerprint density at radius 1 is 1.14 bits per heavy atom. The molecule has 2 atom stereocenters. The molecule has 3 heterocycles. The van der Waals surface area contributed by atoms with Gasteiger partial charge in [0.1, 0.15) is 0 Å². The molecule has 2 fully saturated rings. The lowest BCUT2D eigenvalue weighted by Gasteiger charge is -2.40. The van der Waals surface area contributed by atoms with Crippen molar-refractivity contribution in [2.24, 2.45) is 5.92 Å². The Morgan fingerprint density at radius 2 is 1.89 bits per heavy atom. The van der Waals surface area contributed by atoms with E-state index in [1.54, 1.807) is 11.3 Å². The fraction of sp³-hybridized carbons (Fsp3) is 0.455. The number of hydrogen-bond donors (Lipinski definition) is 2. The third kappa shape index (κ3) is 3.98. The maximum absolute atomic E-state index is 13.2. The van der Waals surface area contributed by atoms with Gasteiger partial charge in [-0.25, -0.2) is 0 Å². The van der Waals surface area contributed by atoms with Crippen molar-refractivity contribution in [2.75, 3.05) is 18.0 Å². The van der Waals surface area contributed by atoms with Crippen LogP contribution in [0.4, 0.5) is 5.69 Å². The lowest BCUT2D eigenvalue weighted by molar-refractivity contribution is -0.129. The molecule has 0 radical (unpaired) electrons. The second-order valence-electron chi connectivity index (χ2n) is 7.74. The number of rotatable bonds is 4. The molecule has 0 spiro atoms. The van der Waals surface area contributed by atoms with Crippen molar-refractivity contribution in [1.82, 2.24) is 10.6 Å². The van der Waals surface area contributed by atoms with Gasteiger partial charge in [0, 0.05) is 23.0 Å². The monoisotopic (exact) mass is 397 g/mol. The molecule has 2 unspecified atom stereocenters. The number of hydrogen-bond acceptors (Lipinski definition) is 4. The van der Waals surface area contributed by atoms with Gasteiger partial charge in [-0.15, -0.1) is 11.3 Å². The summed E-state index contributed by atoms with van der Waals surface area (Å²) in [6.45, 7) is 3.92. The average molecular weight is 398 g/mol. The summed E-state index contributed by atoms with van der Waals surface area (Å²) in [6, 6.07) is 12.0. The zero-order valence-electron chi connectivity index (χ0n) is 16.2. The topological polar surface area (TPSA) is 61.4 Å². The highest BCUT2D eigenvalue weighted by Crippen LogP contribution is 2.41. The number of amides is 2. The maximum atomic E-state index is 13.2. The molecule has 2 N–H and O–H groups in total. The Hall–Kier alpha value is -2.18. The van der Waals surface area contributed by atoms with E-state index in [0.29, 0.717) is 12.8 Å². The Balaban J connectivity index is 1.64. The Morgan fingerprint density at radius 3 is 2.57 bits per heavy atom. The van der Waals surface area contributed by atoms with Gasteiger partial charge in [-0.3, -0.25) is 9.59 Å². The minimum absolute atomic E-state index is 0.0786. The molecule has 28 heavy (non-hydrogen) atoms. The zero-order valence-corrected chi connectivity index (χ0v) is 17.0. The number of carbonyl (C=O) groups is 2. The Labute approximate surface area is 170 Å². The number of benzene rings is 1. The predicted molar refractivity (Wildman–Crippen MR) is 112 cm³/mol. The van der Waals surface area contributed by atoms with Crippen LogP contribution in [0.1, 0.15) is 42.2 Å². The first-order valence-electron chi connectivity index (χ1n) is 10.1. The van der Waals surface area contributed by atoms with Crippen molar-refractivity contribution >= 4 is 28.8 Å². The third-order valence-electron chi connectivity index (χ3n) is 5.77. The van der Waals surface area contributed by atoms with Crippen molar-refractivity contribution in [2.45, 2.75) is 44.7 Å². The average Bonchev–Trinajstić information content (AvgIpc) is 3.24. The lowest BCUT2D eigenvalue weighted by atomic mass is 9.86. The van der Waals surface area contributed by atoms with Crippen LogP contribution in [0, 0.1) is 12.8 Å². The number of thiophene rings is 1. The maximum Gasteiger partial charge on any atom is 0.227 e. The number of anilines is 1. The van der Waals surface area contributed by atoms with Gasteiger partial charge >= 0.3 is 0 Å². The summed E-state index contributed by atoms with van der Waals surface area (Å²) in [7, 11) is 0. The quantitative estimate of drug-likeness (QED) is 0.831. The van der Waals surface area contributed by atoms with E-state index in [2.05, 4.69) is 10.6 Å². The predicted octanol–water partition coefficient (Wildman–Crippen LogP) is 3.41. The van der Waals surface area contributed by atoms with Crippen LogP contribution in [-0.4, -0.2) is 30.9 Å². The van der Waals surface area contributed by atoms with Gasteiger partial charge in [-0.2, -0.15) is 0 Å². The molecule has 2 saturated heterocycles. The van der Waals surface area contributed by atoms with Gasteiger partial charge < -0.3 is 15.5 Å². The first kappa shape index (κ1) is 19.2. The molecule has 2 amide bonds. The molecule has 148 valence electrons. The molecule has 4 rings (SSSR count). The molecule has 1 aromatic carbocycles. The third-order valence-corrected chi connectivity index (χ3v) is 6.71. The van der Waals surface area contributed by atoms with Gasteiger partial charge in [0.05, 0.1) is 12.0 Å². The largest absolute Gasteiger partial charge is 0.353 e. The van der Waals surface area contributed by atoms with E-state index in [1.165, 1.54) is 0 Å². The van der Waals surface area contributed by atoms with E-state index in [4.69, 9.17) is 0 Å². The fourth-order valence-electron chi connectivity index (χ4n) is 4.24. The smallest absolute Gasteiger partial charge is 0.227 e. The zero-order chi connectivity index (χ0) is 19.5. The van der Waals surface area contributed by atoms with E-state index in [0.717, 1.165) is 42.1 Å². The molecule has 5 nitrogen and oxygen atoms in total. The number of aryl methyl sites for hydroxylation is 1. The van der Waals surface area contributed by atoms with Crippen molar-refractivity contribution in [3.63, 3.8) is 0 Å². The highest BCUT2D eigenvalue weighted by Gasteiger charge is 2.42. The molecule has 2 aliphatic rings. The first-order chi connectivity index (χ1) is 13.6. The molecule has 0 bridgehead atoms. The highest BCUT2D eigenvalue weighted by molar-refractivity contribution is 7.10. The van der Waals surface area contributed by atoms with Crippen molar-refractivity contribution < 1.29 is 9.59 Å². The van der Waals surface area contributed by atoms with Crippen LogP contribution in [0.15, 0.2) is 41.8 Å². The van der Waals surface area contributed by atoms with Crippen LogP contribution >= 0.6 is 11.3 Å². The second-order valence-corrected chi connectivity index (χ2v) is 8.72. The standard InChI is InChI=1S/C22H27N3O2S/c1-15-4-6-17(7-5-15)25-20(26)9-8-18(21(25)19-3-2-14-28-19)22(27)24-16-10-12-23-13-11-16/h2-7,14,16,18,21,23H,8-13H2,1H3,(H,24,27). The van der Waals surface area contributed by atoms with Gasteiger partial charge in [0.2, 0.25) is 11.8 Å². The van der Waals surface area contributed by atoms with Crippen LogP contribution in [-0.2, 0) is 9.59 Å². The summed E-state index contributed by atoms with van der Waals surface area (Å²) in [6.07, 6.45) is 2.92. The summed E-state index contributed by atoms with van der Waals surface area (Å²) in [4.78, 5) is 29.1. The van der Waals surface area contributed by atoms with Crippen LogP contribution in [0.2, 0.25) is 0 Å². The molecule has 1 aromatic heterocycles. The minimum Gasteiger partial charge on any atom is -0.353 e. The molecule has 0 saturated carbocycles. The molecular weight excluding hydrogens is 370 g/mol. The molecule has 2 aliphatic heterocycles. The van der Waals surface area contributed by atoms with Crippen molar-refractivity contribution in [3.8, 4) is 0 Å². The van der Waals surface area contributed by atoms with Crippen molar-refractivity contribution in [1.29, 1.82) is 0 Å². The van der Waals surface area contributed by atoms with Crippen molar-refractivity contribution in [3.05, 3.63) is 52.2 Å². The number of piperidine rings is 2. The fourth-order valence-corrected chi connectivity index (χ4v) is 5.12. The number of nitrogens with one attached hydrogen (secondary N) is 2. The summed E-state index contributed by atoms with van der Waals surface area (Å²) in [5.74, 6) is -0.0596. The van der Waals surface area contributed by atoms with E-state index >= 15 is 0 Å². The van der Waals surface area contributed by atoms with E-state index in [9.17, 15) is 9.59 Å². The van der Waals surface area contributed by atoms with E-state index in [-0.39, 0.29) is 29.8 Å². The van der Waals surface area contributed by atoms with Crippen LogP contribution in [0.3, 0.4) is 0 Å². The highest BCUT2D eigenvalue weighted by atomic mass is 32.1. The van der Waals surface area contributed by atoms with Gasteiger partial charge in [0.15, 0.2) is 0 Å². The molecule has 2 aromatic rings. The molecule has 6 heteroatoms. The summed E-state index contributed by atoms with van der Waals surface area (Å²) < 4.78 is 0. The van der Waals surface area contributed by atoms with Crippen LogP contribution < -0.4 is 15.5 Å². The second kappa shape index (κ2) is 8.45. The van der Waals surface area contributed by atoms with Gasteiger partial charge in [-0.1, -0.05) is 23.8 Å². The normalized spacial score (nSPS) is 23.6. The van der Waals surface area contributed by atoms with Crippen LogP contribution in [0.25, 0.3) is 0 Å². The lowest BCUT2D eigenvalue weighted by Crippen LogP contribution is -2.51. The molecule has 0 aliphatic carbocycles. The van der Waals surface area contributed by atoms with Gasteiger partial charge in [0.25, 0.3) is 0 Å². The number of nitrogens with zero attached hydrogens (tertiary/aromatic N) is 1. The Bertz CT molecular complexity index is 813. The van der Waals surface area contributed by atoms with Gasteiger partial charge in [-0.05, 0) is 62.9 Å². The van der Waals surface area contributed by atoms with Crippen LogP contribution in [0.5, 0.6) is 0 Å². The molecular formula is C22H27N3O2S. The van der Waals surface area contributed by atoms with E-state index < -0.39 is 0 Å². The minimum atomic E-state index is -0.245. The summed E-state index contributed by atoms with van der Waals surface area (Å²) in [5, 5.41) is 8.62. The SMILES string of the molecule is Cc1ccc(N2C(=O)CCC(C(=O)NC3CCNCC3)C2c2cccs2)cc1. The number of carbonyl (C=O) groups excluding carboxylic acids is 2. The first-order valence-corrected chi connectivity index (χ1v) is 10.9.